The Morgan fingerprint density at radius 2 is 1.88 bits per heavy atom. The van der Waals surface area contributed by atoms with Crippen LogP contribution in [0.5, 0.6) is 0 Å². The standard InChI is InChI=1S/C16H24/c1-13(2)11-14-7-6-10-16(12-14)15-8-4-3-5-9-15/h6-7,10,12-13,15H,3-5,8-9,11H2,1-2H3. The molecule has 1 fully saturated rings. The van der Waals surface area contributed by atoms with E-state index in [1.807, 2.05) is 0 Å². The van der Waals surface area contributed by atoms with Gasteiger partial charge in [-0.2, -0.15) is 0 Å². The molecule has 88 valence electrons. The van der Waals surface area contributed by atoms with Crippen molar-refractivity contribution in [2.45, 2.75) is 58.3 Å². The van der Waals surface area contributed by atoms with Crippen molar-refractivity contribution in [3.05, 3.63) is 35.4 Å². The zero-order valence-corrected chi connectivity index (χ0v) is 10.7. The van der Waals surface area contributed by atoms with Crippen molar-refractivity contribution in [1.29, 1.82) is 0 Å². The third-order valence-electron chi connectivity index (χ3n) is 3.67. The minimum absolute atomic E-state index is 0.765. The highest BCUT2D eigenvalue weighted by atomic mass is 14.2. The monoisotopic (exact) mass is 216 g/mol. The number of rotatable bonds is 3. The molecule has 0 N–H and O–H groups in total. The summed E-state index contributed by atoms with van der Waals surface area (Å²) in [5.74, 6) is 1.61. The summed E-state index contributed by atoms with van der Waals surface area (Å²) in [5, 5.41) is 0. The summed E-state index contributed by atoms with van der Waals surface area (Å²) < 4.78 is 0. The van der Waals surface area contributed by atoms with E-state index in [1.54, 1.807) is 5.56 Å². The molecule has 0 amide bonds. The highest BCUT2D eigenvalue weighted by Gasteiger charge is 2.15. The molecule has 0 heteroatoms. The smallest absolute Gasteiger partial charge is 0.0162 e. The molecule has 0 heterocycles. The van der Waals surface area contributed by atoms with Gasteiger partial charge < -0.3 is 0 Å². The Hall–Kier alpha value is -0.780. The molecule has 0 atom stereocenters. The first-order chi connectivity index (χ1) is 7.75. The number of hydrogen-bond donors (Lipinski definition) is 0. The van der Waals surface area contributed by atoms with Crippen LogP contribution in [0.2, 0.25) is 0 Å². The van der Waals surface area contributed by atoms with Gasteiger partial charge in [-0.15, -0.1) is 0 Å². The lowest BCUT2D eigenvalue weighted by atomic mass is 9.83. The van der Waals surface area contributed by atoms with Crippen molar-refractivity contribution in [1.82, 2.24) is 0 Å². The Bertz CT molecular complexity index is 319. The highest BCUT2D eigenvalue weighted by Crippen LogP contribution is 2.32. The Morgan fingerprint density at radius 3 is 2.56 bits per heavy atom. The van der Waals surface area contributed by atoms with E-state index in [0.717, 1.165) is 11.8 Å². The topological polar surface area (TPSA) is 0 Å². The summed E-state index contributed by atoms with van der Waals surface area (Å²) in [6.45, 7) is 4.60. The fraction of sp³-hybridized carbons (Fsp3) is 0.625. The molecule has 1 aliphatic rings. The molecule has 0 unspecified atom stereocenters. The fourth-order valence-corrected chi connectivity index (χ4v) is 2.88. The molecule has 0 aromatic heterocycles. The third-order valence-corrected chi connectivity index (χ3v) is 3.67. The maximum absolute atomic E-state index is 2.45. The third kappa shape index (κ3) is 3.10. The molecule has 16 heavy (non-hydrogen) atoms. The summed E-state index contributed by atoms with van der Waals surface area (Å²) >= 11 is 0. The van der Waals surface area contributed by atoms with Crippen molar-refractivity contribution in [2.24, 2.45) is 5.92 Å². The van der Waals surface area contributed by atoms with Crippen molar-refractivity contribution in [2.75, 3.05) is 0 Å². The largest absolute Gasteiger partial charge is 0.0625 e. The Morgan fingerprint density at radius 1 is 1.12 bits per heavy atom. The first kappa shape index (κ1) is 11.7. The van der Waals surface area contributed by atoms with E-state index < -0.39 is 0 Å². The zero-order chi connectivity index (χ0) is 11.4. The van der Waals surface area contributed by atoms with Crippen LogP contribution >= 0.6 is 0 Å². The van der Waals surface area contributed by atoms with Gasteiger partial charge in [0.2, 0.25) is 0 Å². The van der Waals surface area contributed by atoms with Crippen LogP contribution in [0.3, 0.4) is 0 Å². The second-order valence-corrected chi connectivity index (χ2v) is 5.68. The van der Waals surface area contributed by atoms with Crippen LogP contribution < -0.4 is 0 Å². The van der Waals surface area contributed by atoms with Gasteiger partial charge in [-0.25, -0.2) is 0 Å². The maximum atomic E-state index is 2.45. The quantitative estimate of drug-likeness (QED) is 0.672. The van der Waals surface area contributed by atoms with E-state index in [4.69, 9.17) is 0 Å². The molecule has 0 radical (unpaired) electrons. The van der Waals surface area contributed by atoms with E-state index in [2.05, 4.69) is 38.1 Å². The van der Waals surface area contributed by atoms with E-state index in [9.17, 15) is 0 Å². The first-order valence-corrected chi connectivity index (χ1v) is 6.84. The lowest BCUT2D eigenvalue weighted by Crippen LogP contribution is -2.05. The van der Waals surface area contributed by atoms with E-state index >= 15 is 0 Å². The van der Waals surface area contributed by atoms with Gasteiger partial charge in [0.15, 0.2) is 0 Å². The zero-order valence-electron chi connectivity index (χ0n) is 10.7. The highest BCUT2D eigenvalue weighted by molar-refractivity contribution is 5.27. The Labute approximate surface area is 100 Å². The SMILES string of the molecule is CC(C)Cc1cccc(C2CCCCC2)c1. The lowest BCUT2D eigenvalue weighted by Gasteiger charge is -2.22. The van der Waals surface area contributed by atoms with Crippen LogP contribution in [-0.2, 0) is 6.42 Å². The summed E-state index contributed by atoms with van der Waals surface area (Å²) in [4.78, 5) is 0. The molecule has 1 aromatic carbocycles. The predicted molar refractivity (Wildman–Crippen MR) is 70.8 cm³/mol. The molecule has 0 saturated heterocycles. The average Bonchev–Trinajstić information content (AvgIpc) is 2.30. The minimum atomic E-state index is 0.765. The van der Waals surface area contributed by atoms with Gasteiger partial charge in [-0.05, 0) is 42.2 Å². The second-order valence-electron chi connectivity index (χ2n) is 5.68. The molecule has 0 spiro atoms. The van der Waals surface area contributed by atoms with Gasteiger partial charge in [0.25, 0.3) is 0 Å². The van der Waals surface area contributed by atoms with Crippen LogP contribution in [0.1, 0.15) is 63.0 Å². The summed E-state index contributed by atoms with van der Waals surface area (Å²) in [7, 11) is 0. The average molecular weight is 216 g/mol. The fourth-order valence-electron chi connectivity index (χ4n) is 2.88. The van der Waals surface area contributed by atoms with Crippen LogP contribution in [-0.4, -0.2) is 0 Å². The molecular formula is C16H24. The molecule has 1 aliphatic carbocycles. The lowest BCUT2D eigenvalue weighted by molar-refractivity contribution is 0.443. The van der Waals surface area contributed by atoms with Gasteiger partial charge in [0.1, 0.15) is 0 Å². The molecule has 0 nitrogen and oxygen atoms in total. The summed E-state index contributed by atoms with van der Waals surface area (Å²) in [6.07, 6.45) is 8.34. The molecule has 1 aromatic rings. The van der Waals surface area contributed by atoms with Crippen LogP contribution in [0.25, 0.3) is 0 Å². The van der Waals surface area contributed by atoms with E-state index in [-0.39, 0.29) is 0 Å². The normalized spacial score (nSPS) is 17.9. The molecular weight excluding hydrogens is 192 g/mol. The van der Waals surface area contributed by atoms with Gasteiger partial charge in [-0.1, -0.05) is 57.4 Å². The van der Waals surface area contributed by atoms with Crippen molar-refractivity contribution in [3.63, 3.8) is 0 Å². The Balaban J connectivity index is 2.08. The van der Waals surface area contributed by atoms with Crippen LogP contribution in [0.15, 0.2) is 24.3 Å². The van der Waals surface area contributed by atoms with Gasteiger partial charge >= 0.3 is 0 Å². The van der Waals surface area contributed by atoms with E-state index in [1.165, 1.54) is 44.1 Å². The number of hydrogen-bond acceptors (Lipinski definition) is 0. The van der Waals surface area contributed by atoms with Crippen molar-refractivity contribution in [3.8, 4) is 0 Å². The van der Waals surface area contributed by atoms with Gasteiger partial charge in [0.05, 0.1) is 0 Å². The predicted octanol–water partition coefficient (Wildman–Crippen LogP) is 4.93. The second kappa shape index (κ2) is 5.52. The Kier molecular flexibility index (Phi) is 4.04. The van der Waals surface area contributed by atoms with Gasteiger partial charge in [-0.3, -0.25) is 0 Å². The summed E-state index contributed by atoms with van der Waals surface area (Å²) in [5.41, 5.74) is 3.12. The molecule has 0 bridgehead atoms. The van der Waals surface area contributed by atoms with Crippen LogP contribution in [0.4, 0.5) is 0 Å². The maximum Gasteiger partial charge on any atom is -0.0162 e. The van der Waals surface area contributed by atoms with E-state index in [0.29, 0.717) is 0 Å². The van der Waals surface area contributed by atoms with Crippen molar-refractivity contribution >= 4 is 0 Å². The molecule has 0 aliphatic heterocycles. The molecule has 2 rings (SSSR count). The minimum Gasteiger partial charge on any atom is -0.0625 e. The van der Waals surface area contributed by atoms with Crippen molar-refractivity contribution < 1.29 is 0 Å². The number of benzene rings is 1. The molecule has 1 saturated carbocycles. The van der Waals surface area contributed by atoms with Crippen LogP contribution in [0, 0.1) is 5.92 Å². The van der Waals surface area contributed by atoms with Gasteiger partial charge in [0, 0.05) is 0 Å². The first-order valence-electron chi connectivity index (χ1n) is 6.84. The summed E-state index contributed by atoms with van der Waals surface area (Å²) in [6, 6.07) is 9.32.